The van der Waals surface area contributed by atoms with Crippen molar-refractivity contribution in [1.29, 1.82) is 0 Å². The number of thioether (sulfide) groups is 2. The van der Waals surface area contributed by atoms with Gasteiger partial charge in [0.05, 0.1) is 0 Å². The van der Waals surface area contributed by atoms with E-state index >= 15 is 0 Å². The summed E-state index contributed by atoms with van der Waals surface area (Å²) in [4.78, 5) is 13.9. The molecule has 0 atom stereocenters. The van der Waals surface area contributed by atoms with Crippen LogP contribution < -0.4 is 0 Å². The number of rotatable bonds is 3. The van der Waals surface area contributed by atoms with Gasteiger partial charge in [0.2, 0.25) is 5.91 Å². The van der Waals surface area contributed by atoms with Crippen LogP contribution in [0.5, 0.6) is 0 Å². The zero-order chi connectivity index (χ0) is 12.1. The fourth-order valence-electron chi connectivity index (χ4n) is 2.20. The van der Waals surface area contributed by atoms with Crippen LogP contribution in [-0.4, -0.2) is 35.4 Å². The molecule has 96 valence electrons. The Morgan fingerprint density at radius 2 is 1.76 bits per heavy atom. The molecule has 2 nitrogen and oxygen atoms in total. The van der Waals surface area contributed by atoms with Gasteiger partial charge in [-0.05, 0) is 44.1 Å². The average molecular weight is 271 g/mol. The van der Waals surface area contributed by atoms with Crippen LogP contribution in [0.25, 0.3) is 0 Å². The number of hydrogen-bond acceptors (Lipinski definition) is 3. The van der Waals surface area contributed by atoms with Crippen molar-refractivity contribution >= 4 is 29.4 Å². The maximum absolute atomic E-state index is 11.9. The van der Waals surface area contributed by atoms with Gasteiger partial charge in [-0.3, -0.25) is 4.79 Å². The number of allylic oxidation sites excluding steroid dienone is 1. The molecule has 2 aliphatic heterocycles. The zero-order valence-corrected chi connectivity index (χ0v) is 12.2. The molecule has 0 aromatic heterocycles. The van der Waals surface area contributed by atoms with Gasteiger partial charge < -0.3 is 4.90 Å². The molecule has 2 fully saturated rings. The highest BCUT2D eigenvalue weighted by atomic mass is 32.2. The summed E-state index contributed by atoms with van der Waals surface area (Å²) in [5, 5.41) is 0. The van der Waals surface area contributed by atoms with E-state index in [2.05, 4.69) is 6.92 Å². The summed E-state index contributed by atoms with van der Waals surface area (Å²) >= 11 is 3.95. The topological polar surface area (TPSA) is 20.3 Å². The molecule has 0 radical (unpaired) electrons. The molecule has 0 spiro atoms. The van der Waals surface area contributed by atoms with Crippen molar-refractivity contribution in [2.24, 2.45) is 0 Å². The van der Waals surface area contributed by atoms with Crippen LogP contribution in [0.2, 0.25) is 0 Å². The smallest absolute Gasteiger partial charge is 0.222 e. The first-order chi connectivity index (χ1) is 8.27. The van der Waals surface area contributed by atoms with E-state index in [0.717, 1.165) is 19.5 Å². The summed E-state index contributed by atoms with van der Waals surface area (Å²) in [5.74, 6) is 2.85. The normalized spacial score (nSPS) is 20.8. The summed E-state index contributed by atoms with van der Waals surface area (Å²) in [5.41, 5.74) is 1.42. The highest BCUT2D eigenvalue weighted by Gasteiger charge is 2.18. The van der Waals surface area contributed by atoms with E-state index in [1.165, 1.54) is 40.6 Å². The van der Waals surface area contributed by atoms with Gasteiger partial charge in [-0.2, -0.15) is 0 Å². The Kier molecular flexibility index (Phi) is 5.29. The molecule has 0 saturated carbocycles. The van der Waals surface area contributed by atoms with Crippen molar-refractivity contribution in [1.82, 2.24) is 4.90 Å². The Morgan fingerprint density at radius 1 is 1.12 bits per heavy atom. The molecule has 0 aromatic carbocycles. The molecule has 0 aliphatic carbocycles. The number of amides is 1. The Labute approximate surface area is 113 Å². The monoisotopic (exact) mass is 271 g/mol. The molecular formula is C13H21NOS2. The number of carbonyl (C=O) groups excluding carboxylic acids is 1. The lowest BCUT2D eigenvalue weighted by atomic mass is 10.2. The van der Waals surface area contributed by atoms with Gasteiger partial charge in [0.15, 0.2) is 0 Å². The van der Waals surface area contributed by atoms with E-state index in [1.807, 2.05) is 28.4 Å². The number of carbonyl (C=O) groups is 1. The predicted molar refractivity (Wildman–Crippen MR) is 77.3 cm³/mol. The van der Waals surface area contributed by atoms with E-state index in [9.17, 15) is 4.79 Å². The van der Waals surface area contributed by atoms with Crippen LogP contribution in [0.1, 0.15) is 39.0 Å². The Bertz CT molecular complexity index is 301. The summed E-state index contributed by atoms with van der Waals surface area (Å²) in [6.45, 7) is 4.16. The van der Waals surface area contributed by atoms with Crippen molar-refractivity contribution in [3.8, 4) is 0 Å². The molecule has 2 rings (SSSR count). The van der Waals surface area contributed by atoms with Gasteiger partial charge >= 0.3 is 0 Å². The van der Waals surface area contributed by atoms with Gasteiger partial charge in [0.1, 0.15) is 0 Å². The second-order valence-electron chi connectivity index (χ2n) is 4.71. The molecule has 17 heavy (non-hydrogen) atoms. The maximum Gasteiger partial charge on any atom is 0.222 e. The van der Waals surface area contributed by atoms with E-state index in [-0.39, 0.29) is 0 Å². The van der Waals surface area contributed by atoms with Crippen LogP contribution in [0.4, 0.5) is 0 Å². The molecule has 0 unspecified atom stereocenters. The van der Waals surface area contributed by atoms with Crippen molar-refractivity contribution in [2.45, 2.75) is 39.0 Å². The fraction of sp³-hybridized carbons (Fsp3) is 0.769. The van der Waals surface area contributed by atoms with Gasteiger partial charge in [-0.15, -0.1) is 23.5 Å². The van der Waals surface area contributed by atoms with Crippen LogP contribution in [0, 0.1) is 0 Å². The van der Waals surface area contributed by atoms with Crippen LogP contribution in [-0.2, 0) is 4.79 Å². The largest absolute Gasteiger partial charge is 0.343 e. The Balaban J connectivity index is 1.78. The van der Waals surface area contributed by atoms with Crippen molar-refractivity contribution < 1.29 is 4.79 Å². The molecule has 1 amide bonds. The third kappa shape index (κ3) is 3.95. The minimum absolute atomic E-state index is 0.355. The number of nitrogens with zero attached hydrogens (tertiary/aromatic N) is 1. The lowest BCUT2D eigenvalue weighted by molar-refractivity contribution is -0.130. The third-order valence-corrected chi connectivity index (χ3v) is 6.19. The van der Waals surface area contributed by atoms with E-state index in [0.29, 0.717) is 12.3 Å². The second-order valence-corrected chi connectivity index (χ2v) is 7.17. The first-order valence-electron chi connectivity index (χ1n) is 6.50. The van der Waals surface area contributed by atoms with E-state index in [4.69, 9.17) is 0 Å². The highest BCUT2D eigenvalue weighted by molar-refractivity contribution is 8.22. The molecule has 2 saturated heterocycles. The summed E-state index contributed by atoms with van der Waals surface area (Å²) in [6.07, 6.45) is 5.36. The highest BCUT2D eigenvalue weighted by Crippen LogP contribution is 2.38. The van der Waals surface area contributed by atoms with E-state index < -0.39 is 0 Å². The SMILES string of the molecule is CC(CCC(=O)N1CCCC1)=C1SCCCS1. The molecule has 0 aromatic rings. The van der Waals surface area contributed by atoms with Gasteiger partial charge in [-0.25, -0.2) is 0 Å². The van der Waals surface area contributed by atoms with Crippen LogP contribution in [0.3, 0.4) is 0 Å². The van der Waals surface area contributed by atoms with Crippen molar-refractivity contribution in [3.05, 3.63) is 9.81 Å². The molecular weight excluding hydrogens is 250 g/mol. The predicted octanol–water partition coefficient (Wildman–Crippen LogP) is 3.49. The minimum Gasteiger partial charge on any atom is -0.343 e. The number of likely N-dealkylation sites (tertiary alicyclic amines) is 1. The van der Waals surface area contributed by atoms with Crippen molar-refractivity contribution in [2.75, 3.05) is 24.6 Å². The van der Waals surface area contributed by atoms with E-state index in [1.54, 1.807) is 0 Å². The molecule has 2 heterocycles. The molecule has 0 N–H and O–H groups in total. The first-order valence-corrected chi connectivity index (χ1v) is 8.47. The zero-order valence-electron chi connectivity index (χ0n) is 10.5. The quantitative estimate of drug-likeness (QED) is 0.783. The second kappa shape index (κ2) is 6.74. The van der Waals surface area contributed by atoms with Crippen LogP contribution >= 0.6 is 23.5 Å². The summed E-state index contributed by atoms with van der Waals surface area (Å²) < 4.78 is 1.48. The minimum atomic E-state index is 0.355. The lowest BCUT2D eigenvalue weighted by Crippen LogP contribution is -2.27. The molecule has 2 aliphatic rings. The fourth-order valence-corrected chi connectivity index (χ4v) is 4.86. The lowest BCUT2D eigenvalue weighted by Gasteiger charge is -2.18. The summed E-state index contributed by atoms with van der Waals surface area (Å²) in [6, 6.07) is 0. The summed E-state index contributed by atoms with van der Waals surface area (Å²) in [7, 11) is 0. The average Bonchev–Trinajstić information content (AvgIpc) is 2.90. The van der Waals surface area contributed by atoms with Crippen LogP contribution in [0.15, 0.2) is 9.81 Å². The third-order valence-electron chi connectivity index (χ3n) is 3.28. The molecule has 4 heteroatoms. The Morgan fingerprint density at radius 3 is 2.41 bits per heavy atom. The van der Waals surface area contributed by atoms with Crippen molar-refractivity contribution in [3.63, 3.8) is 0 Å². The van der Waals surface area contributed by atoms with Gasteiger partial charge in [0.25, 0.3) is 0 Å². The maximum atomic E-state index is 11.9. The number of hydrogen-bond donors (Lipinski definition) is 0. The first kappa shape index (κ1) is 13.3. The van der Waals surface area contributed by atoms with Gasteiger partial charge in [-0.1, -0.05) is 5.57 Å². The standard InChI is InChI=1S/C13H21NOS2/c1-11(13-16-9-4-10-17-13)5-6-12(15)14-7-2-3-8-14/h2-10H2,1H3. The van der Waals surface area contributed by atoms with Gasteiger partial charge in [0, 0.05) is 23.7 Å². The molecule has 0 bridgehead atoms. The Hall–Kier alpha value is -0.0900.